The predicted octanol–water partition coefficient (Wildman–Crippen LogP) is 6.29. The van der Waals surface area contributed by atoms with Gasteiger partial charge in [-0.1, -0.05) is 29.8 Å². The summed E-state index contributed by atoms with van der Waals surface area (Å²) in [7, 11) is 0. The molecule has 0 bridgehead atoms. The topological polar surface area (TPSA) is 72.8 Å². The summed E-state index contributed by atoms with van der Waals surface area (Å²) in [4.78, 5) is 23.9. The summed E-state index contributed by atoms with van der Waals surface area (Å²) in [6.07, 6.45) is 2.52. The van der Waals surface area contributed by atoms with Crippen molar-refractivity contribution in [2.24, 2.45) is 0 Å². The Balaban J connectivity index is 1.34. The van der Waals surface area contributed by atoms with E-state index in [2.05, 4.69) is 0 Å². The largest absolute Gasteiger partial charge is 0.493 e. The molecule has 0 amide bonds. The van der Waals surface area contributed by atoms with Crippen LogP contribution in [0.2, 0.25) is 5.02 Å². The Morgan fingerprint density at radius 3 is 2.44 bits per heavy atom. The Morgan fingerprint density at radius 2 is 1.72 bits per heavy atom. The number of ether oxygens (including phenoxy) is 2. The number of benzene rings is 3. The zero-order valence-electron chi connectivity index (χ0n) is 17.4. The number of ketones is 1. The molecule has 1 N–H and O–H groups in total. The van der Waals surface area contributed by atoms with Gasteiger partial charge < -0.3 is 14.6 Å². The number of carboxylic acids is 1. The average Bonchev–Trinajstić information content (AvgIpc) is 2.80. The molecule has 0 aromatic heterocycles. The molecule has 1 aliphatic rings. The van der Waals surface area contributed by atoms with E-state index >= 15 is 0 Å². The van der Waals surface area contributed by atoms with E-state index in [1.165, 1.54) is 0 Å². The van der Waals surface area contributed by atoms with Gasteiger partial charge in [0.05, 0.1) is 12.5 Å². The Bertz CT molecular complexity index is 1110. The number of carbonyl (C=O) groups excluding carboxylic acids is 1. The Hall–Kier alpha value is -3.31. The van der Waals surface area contributed by atoms with E-state index in [0.717, 1.165) is 18.4 Å². The van der Waals surface area contributed by atoms with E-state index in [4.69, 9.17) is 21.1 Å². The molecular weight excluding hydrogens is 428 g/mol. The van der Waals surface area contributed by atoms with Crippen LogP contribution in [0.4, 0.5) is 0 Å². The third-order valence-corrected chi connectivity index (χ3v) is 5.77. The molecule has 6 heteroatoms. The lowest BCUT2D eigenvalue weighted by Crippen LogP contribution is -2.20. The number of hydrogen-bond acceptors (Lipinski definition) is 4. The number of carbonyl (C=O) groups is 2. The van der Waals surface area contributed by atoms with Crippen LogP contribution in [0.25, 0.3) is 0 Å². The Morgan fingerprint density at radius 1 is 1.00 bits per heavy atom. The van der Waals surface area contributed by atoms with Crippen LogP contribution in [0.15, 0.2) is 66.7 Å². The summed E-state index contributed by atoms with van der Waals surface area (Å²) in [5.41, 5.74) is 2.47. The minimum Gasteiger partial charge on any atom is -0.493 e. The maximum absolute atomic E-state index is 12.5. The smallest absolute Gasteiger partial charge is 0.311 e. The highest BCUT2D eigenvalue weighted by molar-refractivity contribution is 6.30. The first-order chi connectivity index (χ1) is 15.5. The number of rotatable bonds is 8. The van der Waals surface area contributed by atoms with Crippen molar-refractivity contribution in [3.63, 3.8) is 0 Å². The fourth-order valence-electron chi connectivity index (χ4n) is 3.78. The molecule has 3 aromatic carbocycles. The SMILES string of the molecule is O=C(CCCc1ccc(Cl)cc1)c1ccc(Oc2ccc3c(c2)OCCC3C(=O)O)cc1. The van der Waals surface area contributed by atoms with E-state index in [1.54, 1.807) is 42.5 Å². The van der Waals surface area contributed by atoms with Crippen molar-refractivity contribution in [3.05, 3.63) is 88.4 Å². The third-order valence-electron chi connectivity index (χ3n) is 5.52. The normalized spacial score (nSPS) is 14.8. The van der Waals surface area contributed by atoms with Gasteiger partial charge in [0.25, 0.3) is 0 Å². The molecule has 1 atom stereocenters. The molecule has 1 unspecified atom stereocenters. The first kappa shape index (κ1) is 21.9. The molecule has 1 aliphatic heterocycles. The number of fused-ring (bicyclic) bond motifs is 1. The number of halogens is 1. The number of carboxylic acid groups (broad SMARTS) is 1. The number of aliphatic carboxylic acids is 1. The number of Topliss-reactive ketones (excluding diaryl/α,β-unsaturated/α-hetero) is 1. The van der Waals surface area contributed by atoms with Gasteiger partial charge in [-0.05, 0) is 67.3 Å². The molecule has 32 heavy (non-hydrogen) atoms. The summed E-state index contributed by atoms with van der Waals surface area (Å²) in [5.74, 6) is 0.362. The second kappa shape index (κ2) is 9.88. The molecule has 0 saturated carbocycles. The summed E-state index contributed by atoms with van der Waals surface area (Å²) in [5, 5.41) is 10.1. The third kappa shape index (κ3) is 5.29. The fraction of sp³-hybridized carbons (Fsp3) is 0.231. The standard InChI is InChI=1S/C26H23ClO5/c27-19-8-4-17(5-9-19)2-1-3-24(28)18-6-10-20(11-7-18)32-21-12-13-22-23(26(29)30)14-15-31-25(22)16-21/h4-13,16,23H,1-3,14-15H2,(H,29,30). The molecule has 0 aliphatic carbocycles. The van der Waals surface area contributed by atoms with Gasteiger partial charge in [0.2, 0.25) is 0 Å². The molecule has 5 nitrogen and oxygen atoms in total. The van der Waals surface area contributed by atoms with E-state index in [-0.39, 0.29) is 5.78 Å². The maximum atomic E-state index is 12.5. The highest BCUT2D eigenvalue weighted by atomic mass is 35.5. The van der Waals surface area contributed by atoms with Crippen LogP contribution in [-0.2, 0) is 11.2 Å². The lowest BCUT2D eigenvalue weighted by molar-refractivity contribution is -0.139. The van der Waals surface area contributed by atoms with Gasteiger partial charge in [0.1, 0.15) is 17.2 Å². The molecular formula is C26H23ClO5. The molecule has 0 spiro atoms. The molecule has 3 aromatic rings. The van der Waals surface area contributed by atoms with Crippen molar-refractivity contribution in [2.75, 3.05) is 6.61 Å². The number of hydrogen-bond donors (Lipinski definition) is 1. The molecule has 1 heterocycles. The quantitative estimate of drug-likeness (QED) is 0.408. The fourth-order valence-corrected chi connectivity index (χ4v) is 3.91. The van der Waals surface area contributed by atoms with Crippen molar-refractivity contribution >= 4 is 23.4 Å². The van der Waals surface area contributed by atoms with Gasteiger partial charge in [-0.3, -0.25) is 9.59 Å². The van der Waals surface area contributed by atoms with Crippen LogP contribution in [0.3, 0.4) is 0 Å². The van der Waals surface area contributed by atoms with Gasteiger partial charge in [-0.25, -0.2) is 0 Å². The molecule has 0 saturated heterocycles. The van der Waals surface area contributed by atoms with Gasteiger partial charge in [-0.2, -0.15) is 0 Å². The van der Waals surface area contributed by atoms with Crippen LogP contribution >= 0.6 is 11.6 Å². The van der Waals surface area contributed by atoms with Crippen molar-refractivity contribution in [3.8, 4) is 17.2 Å². The highest BCUT2D eigenvalue weighted by Crippen LogP contribution is 2.37. The summed E-state index contributed by atoms with van der Waals surface area (Å²) in [6, 6.07) is 19.9. The van der Waals surface area contributed by atoms with Crippen molar-refractivity contribution in [1.29, 1.82) is 0 Å². The van der Waals surface area contributed by atoms with Crippen LogP contribution < -0.4 is 9.47 Å². The van der Waals surface area contributed by atoms with Gasteiger partial charge in [0.15, 0.2) is 5.78 Å². The van der Waals surface area contributed by atoms with Crippen molar-refractivity contribution in [2.45, 2.75) is 31.6 Å². The van der Waals surface area contributed by atoms with Crippen molar-refractivity contribution in [1.82, 2.24) is 0 Å². The van der Waals surface area contributed by atoms with Crippen molar-refractivity contribution < 1.29 is 24.2 Å². The van der Waals surface area contributed by atoms with E-state index in [0.29, 0.717) is 52.8 Å². The second-order valence-corrected chi connectivity index (χ2v) is 8.19. The van der Waals surface area contributed by atoms with Gasteiger partial charge in [0, 0.05) is 28.6 Å². The summed E-state index contributed by atoms with van der Waals surface area (Å²) < 4.78 is 11.5. The first-order valence-corrected chi connectivity index (χ1v) is 10.9. The zero-order valence-corrected chi connectivity index (χ0v) is 18.2. The van der Waals surface area contributed by atoms with Gasteiger partial charge in [-0.15, -0.1) is 0 Å². The van der Waals surface area contributed by atoms with Gasteiger partial charge >= 0.3 is 5.97 Å². The molecule has 4 rings (SSSR count). The summed E-state index contributed by atoms with van der Waals surface area (Å²) in [6.45, 7) is 0.363. The summed E-state index contributed by atoms with van der Waals surface area (Å²) >= 11 is 5.90. The predicted molar refractivity (Wildman–Crippen MR) is 122 cm³/mol. The highest BCUT2D eigenvalue weighted by Gasteiger charge is 2.27. The molecule has 0 fully saturated rings. The molecule has 164 valence electrons. The van der Waals surface area contributed by atoms with Crippen LogP contribution in [-0.4, -0.2) is 23.5 Å². The molecule has 0 radical (unpaired) electrons. The lowest BCUT2D eigenvalue weighted by atomic mass is 9.93. The maximum Gasteiger partial charge on any atom is 0.311 e. The Labute approximate surface area is 191 Å². The van der Waals surface area contributed by atoms with Crippen LogP contribution in [0.5, 0.6) is 17.2 Å². The van der Waals surface area contributed by atoms with E-state index in [9.17, 15) is 14.7 Å². The minimum atomic E-state index is -0.850. The lowest BCUT2D eigenvalue weighted by Gasteiger charge is -2.23. The van der Waals surface area contributed by atoms with E-state index in [1.807, 2.05) is 24.3 Å². The van der Waals surface area contributed by atoms with E-state index < -0.39 is 11.9 Å². The average molecular weight is 451 g/mol. The second-order valence-electron chi connectivity index (χ2n) is 7.76. The zero-order chi connectivity index (χ0) is 22.5. The number of aryl methyl sites for hydroxylation is 1. The first-order valence-electron chi connectivity index (χ1n) is 10.5. The monoisotopic (exact) mass is 450 g/mol. The van der Waals surface area contributed by atoms with Crippen LogP contribution in [0, 0.1) is 0 Å². The Kier molecular flexibility index (Phi) is 6.76. The minimum absolute atomic E-state index is 0.0902. The van der Waals surface area contributed by atoms with Crippen LogP contribution in [0.1, 0.15) is 46.7 Å².